The third-order valence-electron chi connectivity index (χ3n) is 7.55. The number of carbonyl (C=O) groups is 1. The third-order valence-corrected chi connectivity index (χ3v) is 9.41. The summed E-state index contributed by atoms with van der Waals surface area (Å²) in [6, 6.07) is 5.09. The molecule has 0 spiro atoms. The number of amides is 1. The summed E-state index contributed by atoms with van der Waals surface area (Å²) in [7, 11) is -3.87. The lowest BCUT2D eigenvalue weighted by molar-refractivity contribution is -0.136. The third kappa shape index (κ3) is 5.68. The summed E-state index contributed by atoms with van der Waals surface area (Å²) in [5.74, 6) is -1.93. The zero-order valence-electron chi connectivity index (χ0n) is 21.7. The Hall–Kier alpha value is -2.11. The van der Waals surface area contributed by atoms with E-state index in [2.05, 4.69) is 9.88 Å². The van der Waals surface area contributed by atoms with Crippen LogP contribution in [0.2, 0.25) is 0 Å². The number of nitrogens with one attached hydrogen (secondary N) is 1. The SMILES string of the molecule is CC(C)(C)c1nc2cc(S(=O)(=O)N3CCOC(C(=O)NC4CC4)C3)ccc2n1CC1CCC(F)(F)CC1. The number of hydrogen-bond donors (Lipinski definition) is 1. The summed E-state index contributed by atoms with van der Waals surface area (Å²) >= 11 is 0. The molecule has 1 unspecified atom stereocenters. The average Bonchev–Trinajstić information content (AvgIpc) is 3.58. The van der Waals surface area contributed by atoms with E-state index < -0.39 is 22.0 Å². The van der Waals surface area contributed by atoms with E-state index in [1.54, 1.807) is 18.2 Å². The molecule has 0 bridgehead atoms. The predicted octanol–water partition coefficient (Wildman–Crippen LogP) is 3.83. The van der Waals surface area contributed by atoms with E-state index in [4.69, 9.17) is 9.72 Å². The van der Waals surface area contributed by atoms with Gasteiger partial charge in [-0.05, 0) is 49.8 Å². The van der Waals surface area contributed by atoms with Crippen molar-refractivity contribution in [1.82, 2.24) is 19.2 Å². The Balaban J connectivity index is 1.40. The Labute approximate surface area is 216 Å². The van der Waals surface area contributed by atoms with E-state index in [1.165, 1.54) is 4.31 Å². The molecular formula is C26H36F2N4O4S. The number of halogens is 2. The highest BCUT2D eigenvalue weighted by atomic mass is 32.2. The van der Waals surface area contributed by atoms with Crippen LogP contribution >= 0.6 is 0 Å². The van der Waals surface area contributed by atoms with Gasteiger partial charge in [0.1, 0.15) is 11.9 Å². The highest BCUT2D eigenvalue weighted by Gasteiger charge is 2.38. The molecule has 2 heterocycles. The number of rotatable bonds is 6. The van der Waals surface area contributed by atoms with E-state index in [-0.39, 0.29) is 60.7 Å². The van der Waals surface area contributed by atoms with Crippen LogP contribution in [0, 0.1) is 5.92 Å². The van der Waals surface area contributed by atoms with Gasteiger partial charge in [0, 0.05) is 43.9 Å². The molecule has 1 N–H and O–H groups in total. The predicted molar refractivity (Wildman–Crippen MR) is 135 cm³/mol. The Bertz CT molecular complexity index is 1270. The highest BCUT2D eigenvalue weighted by Crippen LogP contribution is 2.38. The number of imidazole rings is 1. The van der Waals surface area contributed by atoms with Crippen molar-refractivity contribution in [3.05, 3.63) is 24.0 Å². The van der Waals surface area contributed by atoms with Gasteiger partial charge in [0.25, 0.3) is 5.91 Å². The van der Waals surface area contributed by atoms with Crippen LogP contribution in [0.3, 0.4) is 0 Å². The van der Waals surface area contributed by atoms with Crippen molar-refractivity contribution in [3.8, 4) is 0 Å². The quantitative estimate of drug-likeness (QED) is 0.604. The fraction of sp³-hybridized carbons (Fsp3) is 0.692. The van der Waals surface area contributed by atoms with Crippen LogP contribution < -0.4 is 5.32 Å². The van der Waals surface area contributed by atoms with Crippen LogP contribution in [-0.4, -0.2) is 65.9 Å². The first-order valence-corrected chi connectivity index (χ1v) is 14.6. The average molecular weight is 539 g/mol. The van der Waals surface area contributed by atoms with Crippen LogP contribution in [0.15, 0.2) is 23.1 Å². The normalized spacial score (nSPS) is 23.9. The summed E-state index contributed by atoms with van der Waals surface area (Å²) in [5, 5.41) is 2.88. The molecule has 2 aromatic rings. The lowest BCUT2D eigenvalue weighted by Gasteiger charge is -2.31. The molecule has 2 saturated carbocycles. The van der Waals surface area contributed by atoms with Crippen molar-refractivity contribution in [1.29, 1.82) is 0 Å². The molecule has 1 aromatic carbocycles. The topological polar surface area (TPSA) is 93.5 Å². The largest absolute Gasteiger partial charge is 0.366 e. The monoisotopic (exact) mass is 538 g/mol. The van der Waals surface area contributed by atoms with Gasteiger partial charge in [-0.15, -0.1) is 0 Å². The lowest BCUT2D eigenvalue weighted by atomic mass is 9.86. The van der Waals surface area contributed by atoms with Gasteiger partial charge in [0.05, 0.1) is 22.5 Å². The second-order valence-corrected chi connectivity index (χ2v) is 13.7. The Morgan fingerprint density at radius 3 is 2.54 bits per heavy atom. The first kappa shape index (κ1) is 26.5. The van der Waals surface area contributed by atoms with Crippen LogP contribution in [0.1, 0.15) is 65.1 Å². The molecule has 3 fully saturated rings. The first-order chi connectivity index (χ1) is 17.3. The van der Waals surface area contributed by atoms with Gasteiger partial charge in [-0.1, -0.05) is 20.8 Å². The summed E-state index contributed by atoms with van der Waals surface area (Å²) in [4.78, 5) is 17.4. The molecule has 11 heteroatoms. The van der Waals surface area contributed by atoms with E-state index in [1.807, 2.05) is 20.8 Å². The van der Waals surface area contributed by atoms with E-state index in [0.29, 0.717) is 24.9 Å². The Morgan fingerprint density at radius 2 is 1.89 bits per heavy atom. The molecule has 0 radical (unpaired) electrons. The number of alkyl halides is 2. The van der Waals surface area contributed by atoms with Crippen molar-refractivity contribution < 1.29 is 26.7 Å². The van der Waals surface area contributed by atoms with Gasteiger partial charge in [0.15, 0.2) is 0 Å². The van der Waals surface area contributed by atoms with Crippen molar-refractivity contribution >= 4 is 27.0 Å². The number of sulfonamides is 1. The van der Waals surface area contributed by atoms with E-state index >= 15 is 0 Å². The summed E-state index contributed by atoms with van der Waals surface area (Å²) in [6.45, 7) is 6.97. The van der Waals surface area contributed by atoms with Gasteiger partial charge >= 0.3 is 0 Å². The Morgan fingerprint density at radius 1 is 1.19 bits per heavy atom. The van der Waals surface area contributed by atoms with E-state index in [0.717, 1.165) is 24.2 Å². The molecule has 1 amide bonds. The maximum Gasteiger partial charge on any atom is 0.250 e. The minimum atomic E-state index is -3.87. The van der Waals surface area contributed by atoms with Crippen molar-refractivity contribution in [2.45, 2.75) is 94.2 Å². The summed E-state index contributed by atoms with van der Waals surface area (Å²) in [5.41, 5.74) is 1.04. The highest BCUT2D eigenvalue weighted by molar-refractivity contribution is 7.89. The molecule has 3 aliphatic rings. The molecule has 37 heavy (non-hydrogen) atoms. The van der Waals surface area contributed by atoms with Gasteiger partial charge in [-0.25, -0.2) is 22.2 Å². The fourth-order valence-electron chi connectivity index (χ4n) is 5.24. The standard InChI is InChI=1S/C26H36F2N4O4S/c1-25(2,3)24-30-20-14-19(6-7-21(20)32(24)15-17-8-10-26(27,28)11-9-17)37(34,35)31-12-13-36-22(16-31)23(33)29-18-4-5-18/h6-7,14,17-18,22H,4-5,8-13,15-16H2,1-3H3,(H,29,33). The number of benzene rings is 1. The zero-order chi connectivity index (χ0) is 26.6. The second-order valence-electron chi connectivity index (χ2n) is 11.8. The maximum absolute atomic E-state index is 13.7. The molecule has 1 aliphatic heterocycles. The van der Waals surface area contributed by atoms with E-state index in [9.17, 15) is 22.0 Å². The van der Waals surface area contributed by atoms with Gasteiger partial charge < -0.3 is 14.6 Å². The van der Waals surface area contributed by atoms with Gasteiger partial charge in [-0.3, -0.25) is 4.79 Å². The number of ether oxygens (including phenoxy) is 1. The molecule has 8 nitrogen and oxygen atoms in total. The number of nitrogens with zero attached hydrogens (tertiary/aromatic N) is 3. The van der Waals surface area contributed by atoms with Crippen molar-refractivity contribution in [2.24, 2.45) is 5.92 Å². The minimum absolute atomic E-state index is 0.0348. The molecule has 2 aliphatic carbocycles. The summed E-state index contributed by atoms with van der Waals surface area (Å²) in [6.07, 6.45) is 1.76. The number of carbonyl (C=O) groups excluding carboxylic acids is 1. The molecule has 1 atom stereocenters. The summed E-state index contributed by atoms with van der Waals surface area (Å²) < 4.78 is 63.4. The van der Waals surface area contributed by atoms with Crippen molar-refractivity contribution in [2.75, 3.05) is 19.7 Å². The smallest absolute Gasteiger partial charge is 0.250 e. The minimum Gasteiger partial charge on any atom is -0.366 e. The fourth-order valence-corrected chi connectivity index (χ4v) is 6.69. The zero-order valence-corrected chi connectivity index (χ0v) is 22.5. The van der Waals surface area contributed by atoms with Gasteiger partial charge in [0.2, 0.25) is 15.9 Å². The first-order valence-electron chi connectivity index (χ1n) is 13.1. The lowest BCUT2D eigenvalue weighted by Crippen LogP contribution is -2.51. The molecule has 5 rings (SSSR count). The van der Waals surface area contributed by atoms with Crippen LogP contribution in [0.4, 0.5) is 8.78 Å². The molecule has 204 valence electrons. The Kier molecular flexibility index (Phi) is 6.85. The van der Waals surface area contributed by atoms with Crippen LogP contribution in [0.5, 0.6) is 0 Å². The van der Waals surface area contributed by atoms with Crippen LogP contribution in [0.25, 0.3) is 11.0 Å². The molecular weight excluding hydrogens is 502 g/mol. The maximum atomic E-state index is 13.7. The number of fused-ring (bicyclic) bond motifs is 1. The van der Waals surface area contributed by atoms with Crippen LogP contribution in [-0.2, 0) is 31.5 Å². The molecule has 1 saturated heterocycles. The number of hydrogen-bond acceptors (Lipinski definition) is 5. The number of morpholine rings is 1. The van der Waals surface area contributed by atoms with Gasteiger partial charge in [-0.2, -0.15) is 4.31 Å². The molecule has 1 aromatic heterocycles. The second kappa shape index (κ2) is 9.57. The number of aromatic nitrogens is 2. The van der Waals surface area contributed by atoms with Crippen molar-refractivity contribution in [3.63, 3.8) is 0 Å².